The molecule has 3 aromatic heterocycles. The molecule has 0 unspecified atom stereocenters. The van der Waals surface area contributed by atoms with Gasteiger partial charge in [0.05, 0.1) is 29.8 Å². The van der Waals surface area contributed by atoms with Gasteiger partial charge in [0.15, 0.2) is 0 Å². The maximum Gasteiger partial charge on any atom is 0.266 e. The number of thiophene rings is 1. The van der Waals surface area contributed by atoms with Gasteiger partial charge in [-0.05, 0) is 55.5 Å². The molecule has 8 nitrogen and oxygen atoms in total. The Morgan fingerprint density at radius 1 is 1.21 bits per heavy atom. The lowest BCUT2D eigenvalue weighted by molar-refractivity contribution is -0.114. The zero-order valence-electron chi connectivity index (χ0n) is 19.5. The van der Waals surface area contributed by atoms with E-state index in [-0.39, 0.29) is 23.6 Å². The highest BCUT2D eigenvalue weighted by atomic mass is 32.1. The van der Waals surface area contributed by atoms with Gasteiger partial charge in [-0.15, -0.1) is 11.3 Å². The number of nitrogens with one attached hydrogen (secondary N) is 1. The predicted molar refractivity (Wildman–Crippen MR) is 130 cm³/mol. The largest absolute Gasteiger partial charge is 0.467 e. The van der Waals surface area contributed by atoms with Crippen LogP contribution in [0.3, 0.4) is 0 Å². The molecule has 1 fully saturated rings. The van der Waals surface area contributed by atoms with Crippen molar-refractivity contribution in [3.63, 3.8) is 0 Å². The van der Waals surface area contributed by atoms with Crippen LogP contribution in [0.15, 0.2) is 46.4 Å². The number of carbonyl (C=O) groups excluding carboxylic acids is 3. The molecule has 3 amide bonds. The molecule has 1 saturated heterocycles. The second-order valence-corrected chi connectivity index (χ2v) is 9.45. The quantitative estimate of drug-likeness (QED) is 0.568. The third-order valence-corrected chi connectivity index (χ3v) is 6.86. The predicted octanol–water partition coefficient (Wildman–Crippen LogP) is 4.29. The molecule has 178 valence electrons. The number of hydrogen-bond donors (Lipinski definition) is 1. The van der Waals surface area contributed by atoms with E-state index in [0.717, 1.165) is 17.1 Å². The lowest BCUT2D eigenvalue weighted by Gasteiger charge is -2.32. The molecule has 0 atom stereocenters. The summed E-state index contributed by atoms with van der Waals surface area (Å²) >= 11 is 1.33. The topological polar surface area (TPSA) is 95.8 Å². The van der Waals surface area contributed by atoms with E-state index < -0.39 is 0 Å². The number of pyridine rings is 1. The summed E-state index contributed by atoms with van der Waals surface area (Å²) in [6.07, 6.45) is 3.02. The summed E-state index contributed by atoms with van der Waals surface area (Å²) in [7, 11) is 1.75. The molecule has 9 heteroatoms. The van der Waals surface area contributed by atoms with Crippen LogP contribution >= 0.6 is 11.3 Å². The van der Waals surface area contributed by atoms with Crippen LogP contribution in [-0.4, -0.2) is 52.6 Å². The number of likely N-dealkylation sites (tertiary alicyclic amines) is 1. The van der Waals surface area contributed by atoms with E-state index in [9.17, 15) is 14.4 Å². The van der Waals surface area contributed by atoms with Gasteiger partial charge in [-0.2, -0.15) is 0 Å². The maximum absolute atomic E-state index is 13.2. The van der Waals surface area contributed by atoms with Crippen LogP contribution in [0.5, 0.6) is 0 Å². The van der Waals surface area contributed by atoms with Crippen molar-refractivity contribution >= 4 is 34.7 Å². The molecule has 4 heterocycles. The van der Waals surface area contributed by atoms with Crippen LogP contribution in [0.25, 0.3) is 0 Å². The fraction of sp³-hybridized carbons (Fsp3) is 0.360. The summed E-state index contributed by atoms with van der Waals surface area (Å²) in [5.74, 6) is 0.417. The smallest absolute Gasteiger partial charge is 0.266 e. The van der Waals surface area contributed by atoms with E-state index in [0.29, 0.717) is 48.6 Å². The third-order valence-electron chi connectivity index (χ3n) is 5.95. The van der Waals surface area contributed by atoms with Gasteiger partial charge in [-0.3, -0.25) is 19.4 Å². The first kappa shape index (κ1) is 23.7. The van der Waals surface area contributed by atoms with E-state index in [1.54, 1.807) is 35.7 Å². The van der Waals surface area contributed by atoms with Crippen molar-refractivity contribution in [1.82, 2.24) is 14.8 Å². The number of aromatic nitrogens is 1. The Morgan fingerprint density at radius 2 is 1.97 bits per heavy atom. The van der Waals surface area contributed by atoms with E-state index in [2.05, 4.69) is 5.32 Å². The zero-order valence-corrected chi connectivity index (χ0v) is 20.4. The summed E-state index contributed by atoms with van der Waals surface area (Å²) in [6.45, 7) is 4.85. The highest BCUT2D eigenvalue weighted by Crippen LogP contribution is 2.32. The van der Waals surface area contributed by atoms with Crippen molar-refractivity contribution in [2.24, 2.45) is 0 Å². The Hall–Kier alpha value is -3.46. The molecule has 3 aromatic rings. The molecule has 0 bridgehead atoms. The van der Waals surface area contributed by atoms with E-state index in [1.807, 2.05) is 30.0 Å². The van der Waals surface area contributed by atoms with Crippen molar-refractivity contribution in [3.05, 3.63) is 69.6 Å². The van der Waals surface area contributed by atoms with E-state index >= 15 is 0 Å². The van der Waals surface area contributed by atoms with Crippen LogP contribution in [0, 0.1) is 6.92 Å². The molecule has 0 aliphatic carbocycles. The first-order chi connectivity index (χ1) is 16.3. The van der Waals surface area contributed by atoms with Gasteiger partial charge in [0, 0.05) is 38.7 Å². The van der Waals surface area contributed by atoms with Gasteiger partial charge in [0.1, 0.15) is 10.6 Å². The summed E-state index contributed by atoms with van der Waals surface area (Å²) in [6, 6.07) is 9.10. The number of amides is 3. The van der Waals surface area contributed by atoms with Gasteiger partial charge in [-0.1, -0.05) is 0 Å². The van der Waals surface area contributed by atoms with E-state index in [1.165, 1.54) is 18.3 Å². The van der Waals surface area contributed by atoms with Gasteiger partial charge >= 0.3 is 0 Å². The molecular formula is C25H28N4O4S. The minimum atomic E-state index is -0.203. The summed E-state index contributed by atoms with van der Waals surface area (Å²) in [4.78, 5) is 46.5. The maximum atomic E-state index is 13.2. The first-order valence-electron chi connectivity index (χ1n) is 11.2. The molecule has 4 rings (SSSR count). The van der Waals surface area contributed by atoms with Crippen molar-refractivity contribution < 1.29 is 18.8 Å². The molecular weight excluding hydrogens is 452 g/mol. The lowest BCUT2D eigenvalue weighted by Crippen LogP contribution is -2.38. The number of anilines is 1. The summed E-state index contributed by atoms with van der Waals surface area (Å²) in [5.41, 5.74) is 2.80. The Morgan fingerprint density at radius 3 is 2.65 bits per heavy atom. The monoisotopic (exact) mass is 480 g/mol. The minimum absolute atomic E-state index is 0.0797. The number of rotatable bonds is 6. The van der Waals surface area contributed by atoms with Crippen molar-refractivity contribution in [2.75, 3.05) is 25.5 Å². The second kappa shape index (κ2) is 10.2. The SMILES string of the molecule is CC(=O)Nc1ccsc1C(=O)N1CCC(c2nc(C)ccc2C(=O)N(C)Cc2ccco2)CC1. The number of piperidine rings is 1. The molecule has 0 saturated carbocycles. The van der Waals surface area contributed by atoms with Gasteiger partial charge in [-0.25, -0.2) is 0 Å². The minimum Gasteiger partial charge on any atom is -0.467 e. The Kier molecular flexibility index (Phi) is 7.12. The zero-order chi connectivity index (χ0) is 24.2. The summed E-state index contributed by atoms with van der Waals surface area (Å²) in [5, 5.41) is 4.53. The molecule has 1 aliphatic rings. The van der Waals surface area contributed by atoms with Gasteiger partial charge in [0.2, 0.25) is 5.91 Å². The third kappa shape index (κ3) is 5.20. The van der Waals surface area contributed by atoms with Crippen molar-refractivity contribution in [3.8, 4) is 0 Å². The van der Waals surface area contributed by atoms with Gasteiger partial charge < -0.3 is 19.5 Å². The van der Waals surface area contributed by atoms with Crippen LogP contribution in [0.1, 0.15) is 62.9 Å². The van der Waals surface area contributed by atoms with Crippen molar-refractivity contribution in [1.29, 1.82) is 0 Å². The lowest BCUT2D eigenvalue weighted by atomic mass is 9.89. The number of nitrogens with zero attached hydrogens (tertiary/aromatic N) is 3. The number of aryl methyl sites for hydroxylation is 1. The van der Waals surface area contributed by atoms with Crippen LogP contribution < -0.4 is 5.32 Å². The average Bonchev–Trinajstić information content (AvgIpc) is 3.50. The average molecular weight is 481 g/mol. The molecule has 1 N–H and O–H groups in total. The number of hydrogen-bond acceptors (Lipinski definition) is 6. The highest BCUT2D eigenvalue weighted by Gasteiger charge is 2.30. The summed E-state index contributed by atoms with van der Waals surface area (Å²) < 4.78 is 5.38. The fourth-order valence-electron chi connectivity index (χ4n) is 4.25. The standard InChI is InChI=1S/C25H28N4O4S/c1-16-6-7-20(24(31)28(3)15-19-5-4-13-33-19)22(26-16)18-8-11-29(12-9-18)25(32)23-21(10-14-34-23)27-17(2)30/h4-7,10,13-14,18H,8-9,11-12,15H2,1-3H3,(H,27,30). The normalized spacial score (nSPS) is 14.1. The Bertz CT molecular complexity index is 1180. The van der Waals surface area contributed by atoms with E-state index in [4.69, 9.17) is 9.40 Å². The molecule has 0 aromatic carbocycles. The first-order valence-corrected chi connectivity index (χ1v) is 12.1. The second-order valence-electron chi connectivity index (χ2n) is 8.54. The number of furan rings is 1. The molecule has 0 radical (unpaired) electrons. The number of carbonyl (C=O) groups is 3. The Labute approximate surface area is 202 Å². The van der Waals surface area contributed by atoms with Gasteiger partial charge in [0.25, 0.3) is 11.8 Å². The molecule has 34 heavy (non-hydrogen) atoms. The Balaban J connectivity index is 1.46. The van der Waals surface area contributed by atoms with Crippen LogP contribution in [0.2, 0.25) is 0 Å². The molecule has 1 aliphatic heterocycles. The van der Waals surface area contributed by atoms with Crippen LogP contribution in [0.4, 0.5) is 5.69 Å². The highest BCUT2D eigenvalue weighted by molar-refractivity contribution is 7.12. The van der Waals surface area contributed by atoms with Crippen molar-refractivity contribution in [2.45, 2.75) is 39.2 Å². The fourth-order valence-corrected chi connectivity index (χ4v) is 5.06. The van der Waals surface area contributed by atoms with Crippen LogP contribution in [-0.2, 0) is 11.3 Å². The molecule has 0 spiro atoms.